The van der Waals surface area contributed by atoms with Crippen LogP contribution >= 0.6 is 11.6 Å². The molecule has 1 radical (unpaired) electrons. The van der Waals surface area contributed by atoms with Crippen molar-refractivity contribution in [2.24, 2.45) is 0 Å². The molecule has 0 aromatic heterocycles. The molecule has 0 aliphatic rings. The van der Waals surface area contributed by atoms with Gasteiger partial charge >= 0.3 is 26.2 Å². The van der Waals surface area contributed by atoms with Crippen molar-refractivity contribution in [1.29, 1.82) is 0 Å². The second-order valence-corrected chi connectivity index (χ2v) is 4.67. The quantitative estimate of drug-likeness (QED) is 0.270. The first-order chi connectivity index (χ1) is 11.3. The van der Waals surface area contributed by atoms with Crippen molar-refractivity contribution in [3.05, 3.63) is 91.9 Å². The third-order valence-electron chi connectivity index (χ3n) is 3.10. The molecular weight excluding hydrogens is 395 g/mol. The van der Waals surface area contributed by atoms with E-state index in [0.717, 1.165) is 0 Å². The van der Waals surface area contributed by atoms with Crippen molar-refractivity contribution < 1.29 is 31.3 Å². The minimum absolute atomic E-state index is 0. The number of aliphatic hydroxyl groups is 1. The van der Waals surface area contributed by atoms with Crippen LogP contribution in [0.2, 0.25) is 0 Å². The molecule has 0 fully saturated rings. The van der Waals surface area contributed by atoms with Crippen LogP contribution in [-0.2, 0) is 26.2 Å². The van der Waals surface area contributed by atoms with Gasteiger partial charge in [0.15, 0.2) is 0 Å². The summed E-state index contributed by atoms with van der Waals surface area (Å²) in [5.74, 6) is 0. The molecule has 0 atom stereocenters. The Balaban J connectivity index is 0.000000339. The van der Waals surface area contributed by atoms with Crippen LogP contribution in [0.3, 0.4) is 0 Å². The number of rotatable bonds is 0. The smallest absolute Gasteiger partial charge is 0.381 e. The van der Waals surface area contributed by atoms with Gasteiger partial charge in [-0.15, -0.1) is 59.3 Å². The molecule has 0 amide bonds. The molecule has 4 aromatic carbocycles. The number of aliphatic hydroxyl groups excluding tert-OH is 1. The average Bonchev–Trinajstić information content (AvgIpc) is 3.27. The second-order valence-electron chi connectivity index (χ2n) is 4.43. The van der Waals surface area contributed by atoms with E-state index < -0.39 is 0 Å². The number of alkyl halides is 1. The van der Waals surface area contributed by atoms with Gasteiger partial charge in [0.05, 0.1) is 0 Å². The first kappa shape index (κ1) is 22.8. The predicted molar refractivity (Wildman–Crippen MR) is 103 cm³/mol. The number of benzene rings is 2. The van der Waals surface area contributed by atoms with Gasteiger partial charge in [-0.2, -0.15) is 42.0 Å². The van der Waals surface area contributed by atoms with E-state index in [0.29, 0.717) is 0 Å². The van der Waals surface area contributed by atoms with Gasteiger partial charge in [-0.3, -0.25) is 0 Å². The van der Waals surface area contributed by atoms with Gasteiger partial charge in [0.1, 0.15) is 6.07 Å². The van der Waals surface area contributed by atoms with E-state index in [9.17, 15) is 0 Å². The topological polar surface area (TPSA) is 20.2 Å². The van der Waals surface area contributed by atoms with Crippen molar-refractivity contribution in [3.63, 3.8) is 0 Å². The maximum Gasteiger partial charge on any atom is 3.00 e. The summed E-state index contributed by atoms with van der Waals surface area (Å²) in [7, 11) is 0. The Morgan fingerprint density at radius 1 is 0.792 bits per heavy atom. The summed E-state index contributed by atoms with van der Waals surface area (Å²) in [5.41, 5.74) is 0. The minimum Gasteiger partial charge on any atom is -0.381 e. The molecule has 4 aromatic rings. The van der Waals surface area contributed by atoms with Gasteiger partial charge in [0.25, 0.3) is 0 Å². The molecule has 0 unspecified atom stereocenters. The number of hydrogen-bond donors (Lipinski definition) is 1. The maximum atomic E-state index is 7.33. The zero-order valence-corrected chi connectivity index (χ0v) is 17.0. The fourth-order valence-electron chi connectivity index (χ4n) is 2.14. The summed E-state index contributed by atoms with van der Waals surface area (Å²) in [4.78, 5) is 0. The van der Waals surface area contributed by atoms with Crippen LogP contribution in [0.25, 0.3) is 21.5 Å². The van der Waals surface area contributed by atoms with Gasteiger partial charge in [0, 0.05) is 0 Å². The molecule has 123 valence electrons. The molecule has 1 nitrogen and oxygen atoms in total. The first-order valence-corrected chi connectivity index (χ1v) is 7.97. The molecule has 0 bridgehead atoms. The molecule has 0 saturated carbocycles. The number of hydrogen-bond acceptors (Lipinski definition) is 1. The zero-order valence-electron chi connectivity index (χ0n) is 13.8. The van der Waals surface area contributed by atoms with Crippen LogP contribution in [-0.4, -0.2) is 11.2 Å². The Labute approximate surface area is 168 Å². The van der Waals surface area contributed by atoms with E-state index in [1.165, 1.54) is 21.5 Å². The van der Waals surface area contributed by atoms with E-state index in [-0.39, 0.29) is 32.3 Å². The largest absolute Gasteiger partial charge is 3.00 e. The molecule has 0 spiro atoms. The predicted octanol–water partition coefficient (Wildman–Crippen LogP) is 6.13. The van der Waals surface area contributed by atoms with Gasteiger partial charge in [-0.05, 0) is 0 Å². The summed E-state index contributed by atoms with van der Waals surface area (Å²) in [6.45, 7) is 5.00. The fraction of sp³-hybridized carbons (Fsp3) is 0.0952. The normalized spacial score (nSPS) is 8.67. The van der Waals surface area contributed by atoms with Gasteiger partial charge < -0.3 is 12.0 Å². The van der Waals surface area contributed by atoms with Crippen molar-refractivity contribution in [3.8, 4) is 0 Å². The van der Waals surface area contributed by atoms with E-state index in [2.05, 4.69) is 103 Å². The summed E-state index contributed by atoms with van der Waals surface area (Å²) >= 11 is 4.55. The van der Waals surface area contributed by atoms with Crippen molar-refractivity contribution >= 4 is 33.1 Å². The first-order valence-electron chi connectivity index (χ1n) is 7.43. The molecule has 4 rings (SSSR count). The molecular formula is C21H22ClOZr. The van der Waals surface area contributed by atoms with Crippen LogP contribution < -0.4 is 0 Å². The van der Waals surface area contributed by atoms with E-state index in [4.69, 9.17) is 5.11 Å². The average molecular weight is 417 g/mol. The summed E-state index contributed by atoms with van der Waals surface area (Å²) < 4.78 is 0. The Hall–Kier alpha value is -1.21. The molecule has 0 aliphatic carbocycles. The Bertz CT molecular complexity index is 647. The van der Waals surface area contributed by atoms with Crippen LogP contribution in [0, 0.1) is 6.92 Å². The van der Waals surface area contributed by atoms with Crippen LogP contribution in [0.5, 0.6) is 0 Å². The SMILES string of the molecule is OCCl.[CH2-]C.[Zr+3].c1ccc2[cH-]ccc2c1.c1ccc2[cH-]ccc2c1. The summed E-state index contributed by atoms with van der Waals surface area (Å²) in [6, 6.07) is 29.1. The Kier molecular flexibility index (Phi) is 13.5. The van der Waals surface area contributed by atoms with Crippen LogP contribution in [0.15, 0.2) is 84.9 Å². The van der Waals surface area contributed by atoms with Crippen molar-refractivity contribution in [2.45, 2.75) is 6.92 Å². The second kappa shape index (κ2) is 14.2. The number of halogens is 1. The van der Waals surface area contributed by atoms with Crippen molar-refractivity contribution in [2.75, 3.05) is 6.07 Å². The molecule has 1 N–H and O–H groups in total. The van der Waals surface area contributed by atoms with Crippen LogP contribution in [0.1, 0.15) is 6.92 Å². The van der Waals surface area contributed by atoms with Crippen molar-refractivity contribution in [1.82, 2.24) is 0 Å². The maximum absolute atomic E-state index is 7.33. The Morgan fingerprint density at radius 2 is 1.12 bits per heavy atom. The monoisotopic (exact) mass is 415 g/mol. The third-order valence-corrected chi connectivity index (χ3v) is 3.10. The zero-order chi connectivity index (χ0) is 16.9. The summed E-state index contributed by atoms with van der Waals surface area (Å²) in [5, 5.41) is 12.7. The van der Waals surface area contributed by atoms with E-state index in [1.54, 1.807) is 6.92 Å². The van der Waals surface area contributed by atoms with Crippen LogP contribution in [0.4, 0.5) is 0 Å². The fourth-order valence-corrected chi connectivity index (χ4v) is 2.14. The third kappa shape index (κ3) is 7.57. The standard InChI is InChI=1S/2C9H7.C2H5.CH3ClO.Zr/c2*1-2-5-9-7-3-6-8(9)4-1;1-2;2-1-3;/h2*1-7H;1H2,2H3;3H,1H2;/q3*-1;;+3. The number of fused-ring (bicyclic) bond motifs is 2. The van der Waals surface area contributed by atoms with Gasteiger partial charge in [-0.25, -0.2) is 0 Å². The minimum atomic E-state index is -0.278. The molecule has 3 heteroatoms. The molecule has 0 aliphatic heterocycles. The molecule has 0 saturated heterocycles. The van der Waals surface area contributed by atoms with E-state index >= 15 is 0 Å². The molecule has 0 heterocycles. The molecule has 24 heavy (non-hydrogen) atoms. The Morgan fingerprint density at radius 3 is 1.46 bits per heavy atom. The van der Waals surface area contributed by atoms with Gasteiger partial charge in [0.2, 0.25) is 0 Å². The van der Waals surface area contributed by atoms with E-state index in [1.807, 2.05) is 0 Å². The van der Waals surface area contributed by atoms with Gasteiger partial charge in [-0.1, -0.05) is 23.7 Å². The summed E-state index contributed by atoms with van der Waals surface area (Å²) in [6.07, 6.45) is 0.